The Morgan fingerprint density at radius 3 is 2.45 bits per heavy atom. The Morgan fingerprint density at radius 2 is 1.81 bits per heavy atom. The molecule has 2 N–H and O–H groups in total. The van der Waals surface area contributed by atoms with Crippen LogP contribution >= 0.6 is 0 Å². The number of benzene rings is 2. The molecule has 1 fully saturated rings. The molecule has 0 spiro atoms. The Hall–Kier alpha value is -3.40. The number of ether oxygens (including phenoxy) is 1. The van der Waals surface area contributed by atoms with E-state index in [4.69, 9.17) is 4.74 Å². The summed E-state index contributed by atoms with van der Waals surface area (Å²) in [6, 6.07) is 7.75. The predicted octanol–water partition coefficient (Wildman–Crippen LogP) is 1.91. The highest BCUT2D eigenvalue weighted by atomic mass is 19.1. The van der Waals surface area contributed by atoms with E-state index >= 15 is 0 Å². The van der Waals surface area contributed by atoms with E-state index in [-0.39, 0.29) is 18.1 Å². The number of amides is 1. The Bertz CT molecular complexity index is 1160. The fraction of sp³-hybridized carbons (Fsp3) is 0.333. The van der Waals surface area contributed by atoms with E-state index in [0.717, 1.165) is 0 Å². The van der Waals surface area contributed by atoms with Crippen molar-refractivity contribution in [1.29, 1.82) is 0 Å². The van der Waals surface area contributed by atoms with Gasteiger partial charge in [0.25, 0.3) is 0 Å². The number of piperazine rings is 1. The maximum atomic E-state index is 14.0. The molecule has 0 aliphatic carbocycles. The molecular weight excluding hydrogens is 408 g/mol. The van der Waals surface area contributed by atoms with E-state index in [2.05, 4.69) is 10.3 Å². The third-order valence-electron chi connectivity index (χ3n) is 5.48. The number of aryl methyl sites for hydroxylation is 1. The molecular formula is C21H23F2N5O3. The van der Waals surface area contributed by atoms with Crippen LogP contribution in [-0.4, -0.2) is 60.2 Å². The first-order chi connectivity index (χ1) is 14.9. The molecule has 1 aromatic heterocycles. The van der Waals surface area contributed by atoms with Gasteiger partial charge in [0.1, 0.15) is 0 Å². The van der Waals surface area contributed by atoms with Crippen LogP contribution in [0.3, 0.4) is 0 Å². The van der Waals surface area contributed by atoms with Crippen LogP contribution in [0.5, 0.6) is 5.75 Å². The number of rotatable bonds is 5. The van der Waals surface area contributed by atoms with E-state index in [0.29, 0.717) is 48.6 Å². The van der Waals surface area contributed by atoms with Crippen LogP contribution in [0.25, 0.3) is 11.0 Å². The van der Waals surface area contributed by atoms with Gasteiger partial charge in [-0.25, -0.2) is 13.6 Å². The molecule has 0 bridgehead atoms. The molecule has 1 saturated heterocycles. The van der Waals surface area contributed by atoms with E-state index in [1.165, 1.54) is 23.8 Å². The molecule has 10 heteroatoms. The van der Waals surface area contributed by atoms with Crippen LogP contribution in [0.15, 0.2) is 35.1 Å². The van der Waals surface area contributed by atoms with E-state index in [1.807, 2.05) is 9.80 Å². The molecule has 3 aromatic rings. The number of halogens is 2. The van der Waals surface area contributed by atoms with Crippen molar-refractivity contribution in [3.8, 4) is 5.75 Å². The van der Waals surface area contributed by atoms with Gasteiger partial charge < -0.3 is 19.9 Å². The van der Waals surface area contributed by atoms with Crippen molar-refractivity contribution < 1.29 is 18.3 Å². The number of carbonyl (C=O) groups excluding carboxylic acids is 1. The van der Waals surface area contributed by atoms with Crippen molar-refractivity contribution in [2.45, 2.75) is 0 Å². The first-order valence-corrected chi connectivity index (χ1v) is 9.84. The lowest BCUT2D eigenvalue weighted by atomic mass is 10.2. The highest BCUT2D eigenvalue weighted by Crippen LogP contribution is 2.28. The van der Waals surface area contributed by atoms with Gasteiger partial charge in [-0.05, 0) is 18.2 Å². The predicted molar refractivity (Wildman–Crippen MR) is 114 cm³/mol. The van der Waals surface area contributed by atoms with Crippen molar-refractivity contribution in [2.24, 2.45) is 7.05 Å². The summed E-state index contributed by atoms with van der Waals surface area (Å²) >= 11 is 0. The number of aromatic amines is 1. The molecule has 31 heavy (non-hydrogen) atoms. The first-order valence-electron chi connectivity index (χ1n) is 9.84. The van der Waals surface area contributed by atoms with E-state index < -0.39 is 17.4 Å². The van der Waals surface area contributed by atoms with Crippen LogP contribution in [0.2, 0.25) is 0 Å². The molecule has 1 aliphatic heterocycles. The third-order valence-corrected chi connectivity index (χ3v) is 5.48. The number of hydrogen-bond acceptors (Lipinski definition) is 5. The average molecular weight is 431 g/mol. The normalized spacial score (nSPS) is 14.8. The van der Waals surface area contributed by atoms with Gasteiger partial charge in [0.2, 0.25) is 5.91 Å². The topological polar surface area (TPSA) is 82.6 Å². The fourth-order valence-electron chi connectivity index (χ4n) is 3.79. The van der Waals surface area contributed by atoms with Crippen LogP contribution in [0.4, 0.5) is 20.2 Å². The lowest BCUT2D eigenvalue weighted by molar-refractivity contribution is -0.117. The molecule has 4 rings (SSSR count). The summed E-state index contributed by atoms with van der Waals surface area (Å²) in [5.41, 5.74) is 2.25. The molecule has 0 unspecified atom stereocenters. The van der Waals surface area contributed by atoms with Crippen molar-refractivity contribution >= 4 is 28.3 Å². The molecule has 0 atom stereocenters. The lowest BCUT2D eigenvalue weighted by Crippen LogP contribution is -2.48. The zero-order chi connectivity index (χ0) is 22.1. The summed E-state index contributed by atoms with van der Waals surface area (Å²) in [6.45, 7) is 2.43. The van der Waals surface area contributed by atoms with Crippen molar-refractivity contribution in [3.63, 3.8) is 0 Å². The number of nitrogens with one attached hydrogen (secondary N) is 2. The average Bonchev–Trinajstić information content (AvgIpc) is 3.02. The monoisotopic (exact) mass is 431 g/mol. The second-order valence-electron chi connectivity index (χ2n) is 7.48. The number of methoxy groups -OCH3 is 1. The van der Waals surface area contributed by atoms with Gasteiger partial charge in [-0.2, -0.15) is 0 Å². The Morgan fingerprint density at radius 1 is 1.13 bits per heavy atom. The van der Waals surface area contributed by atoms with E-state index in [1.54, 1.807) is 25.2 Å². The highest BCUT2D eigenvalue weighted by molar-refractivity contribution is 5.94. The minimum Gasteiger partial charge on any atom is -0.491 e. The third kappa shape index (κ3) is 4.24. The quantitative estimate of drug-likeness (QED) is 0.645. The highest BCUT2D eigenvalue weighted by Gasteiger charge is 2.22. The molecule has 2 heterocycles. The van der Waals surface area contributed by atoms with Crippen LogP contribution in [-0.2, 0) is 11.8 Å². The summed E-state index contributed by atoms with van der Waals surface area (Å²) in [6.07, 6.45) is 0. The van der Waals surface area contributed by atoms with Crippen molar-refractivity contribution in [2.75, 3.05) is 50.1 Å². The van der Waals surface area contributed by atoms with Gasteiger partial charge in [0.15, 0.2) is 17.4 Å². The molecule has 0 saturated carbocycles. The zero-order valence-electron chi connectivity index (χ0n) is 17.2. The van der Waals surface area contributed by atoms with E-state index in [9.17, 15) is 18.4 Å². The smallest absolute Gasteiger partial charge is 0.326 e. The Kier molecular flexibility index (Phi) is 5.64. The molecule has 164 valence electrons. The number of fused-ring (bicyclic) bond motifs is 1. The maximum absolute atomic E-state index is 14.0. The summed E-state index contributed by atoms with van der Waals surface area (Å²) in [5.74, 6) is -2.04. The molecule has 0 radical (unpaired) electrons. The van der Waals surface area contributed by atoms with Crippen LogP contribution in [0, 0.1) is 11.6 Å². The van der Waals surface area contributed by atoms with Crippen molar-refractivity contribution in [3.05, 3.63) is 52.5 Å². The number of carbonyl (C=O) groups is 1. The minimum atomic E-state index is -0.740. The molecule has 2 aromatic carbocycles. The molecule has 1 aliphatic rings. The van der Waals surface area contributed by atoms with Gasteiger partial charge in [-0.15, -0.1) is 0 Å². The zero-order valence-corrected chi connectivity index (χ0v) is 17.2. The fourth-order valence-corrected chi connectivity index (χ4v) is 3.79. The number of hydrogen-bond donors (Lipinski definition) is 2. The second-order valence-corrected chi connectivity index (χ2v) is 7.48. The number of imidazole rings is 1. The second kappa shape index (κ2) is 8.38. The van der Waals surface area contributed by atoms with Gasteiger partial charge in [-0.1, -0.05) is 0 Å². The lowest BCUT2D eigenvalue weighted by Gasteiger charge is -2.35. The van der Waals surface area contributed by atoms with Crippen LogP contribution < -0.4 is 20.6 Å². The number of H-pyrrole nitrogens is 1. The largest absolute Gasteiger partial charge is 0.491 e. The standard InChI is InChI=1S/C21H23F2N5O3/c1-26-18-9-13(3-4-17(18)25-21(26)30)24-19(29)12-27-5-7-28(8-6-27)14-10-15(22)20(31-2)16(23)11-14/h3-4,9-11H,5-8,12H2,1-2H3,(H,24,29)(H,25,30). The Labute approximate surface area is 177 Å². The summed E-state index contributed by atoms with van der Waals surface area (Å²) in [7, 11) is 2.88. The maximum Gasteiger partial charge on any atom is 0.326 e. The minimum absolute atomic E-state index is 0.171. The Balaban J connectivity index is 1.34. The summed E-state index contributed by atoms with van der Waals surface area (Å²) < 4.78 is 34.1. The van der Waals surface area contributed by atoms with Gasteiger partial charge in [0.05, 0.1) is 24.7 Å². The van der Waals surface area contributed by atoms with Gasteiger partial charge in [0, 0.05) is 56.7 Å². The summed E-state index contributed by atoms with van der Waals surface area (Å²) in [5, 5.41) is 2.85. The van der Waals surface area contributed by atoms with Gasteiger partial charge >= 0.3 is 5.69 Å². The van der Waals surface area contributed by atoms with Crippen LogP contribution in [0.1, 0.15) is 0 Å². The number of aromatic nitrogens is 2. The number of nitrogens with zero attached hydrogens (tertiary/aromatic N) is 3. The first kappa shape index (κ1) is 20.9. The molecule has 1 amide bonds. The SMILES string of the molecule is COc1c(F)cc(N2CCN(CC(=O)Nc3ccc4[nH]c(=O)n(C)c4c3)CC2)cc1F. The number of anilines is 2. The van der Waals surface area contributed by atoms with Crippen molar-refractivity contribution in [1.82, 2.24) is 14.5 Å². The summed E-state index contributed by atoms with van der Waals surface area (Å²) in [4.78, 5) is 30.7. The van der Waals surface area contributed by atoms with Gasteiger partial charge in [-0.3, -0.25) is 14.3 Å². The molecule has 8 nitrogen and oxygen atoms in total.